The Labute approximate surface area is 410 Å². The van der Waals surface area contributed by atoms with Gasteiger partial charge in [0.1, 0.15) is 36.3 Å². The molecule has 1 saturated carbocycles. The number of aromatic amines is 1. The summed E-state index contributed by atoms with van der Waals surface area (Å²) in [5.74, 6) is -3.41. The quantitative estimate of drug-likeness (QED) is 0.0442. The molecule has 0 radical (unpaired) electrons. The fourth-order valence-electron chi connectivity index (χ4n) is 9.51. The van der Waals surface area contributed by atoms with Gasteiger partial charge < -0.3 is 52.7 Å². The summed E-state index contributed by atoms with van der Waals surface area (Å²) < 4.78 is 5.32. The van der Waals surface area contributed by atoms with Crippen LogP contribution in [0, 0.1) is 5.92 Å². The highest BCUT2D eigenvalue weighted by Gasteiger charge is 2.40. The molecule has 376 valence electrons. The van der Waals surface area contributed by atoms with Crippen LogP contribution in [0.15, 0.2) is 91.1 Å². The lowest BCUT2D eigenvalue weighted by Crippen LogP contribution is -2.60. The molecule has 0 unspecified atom stereocenters. The summed E-state index contributed by atoms with van der Waals surface area (Å²) in [6.45, 7) is 2.63. The van der Waals surface area contributed by atoms with Crippen molar-refractivity contribution in [1.29, 1.82) is 0 Å². The van der Waals surface area contributed by atoms with E-state index in [1.54, 1.807) is 6.20 Å². The molecule has 4 aromatic rings. The van der Waals surface area contributed by atoms with E-state index in [0.29, 0.717) is 32.1 Å². The second-order valence-electron chi connectivity index (χ2n) is 18.6. The molecular weight excluding hydrogens is 891 g/mol. The van der Waals surface area contributed by atoms with Gasteiger partial charge in [0, 0.05) is 42.9 Å². The Morgan fingerprint density at radius 3 is 1.93 bits per heavy atom. The zero-order valence-electron chi connectivity index (χ0n) is 40.3. The summed E-state index contributed by atoms with van der Waals surface area (Å²) in [6, 6.07) is 19.5. The molecule has 3 aromatic carbocycles. The number of likely N-dealkylation sites (tertiary alicyclic amines) is 1. The number of ether oxygens (including phenoxy) is 1. The van der Waals surface area contributed by atoms with E-state index in [0.717, 1.165) is 66.1 Å². The van der Waals surface area contributed by atoms with Gasteiger partial charge in [-0.2, -0.15) is 0 Å². The lowest BCUT2D eigenvalue weighted by Gasteiger charge is -2.32. The minimum Gasteiger partial charge on any atom is -0.450 e. The fraction of sp³-hybridized carbons (Fsp3) is 0.491. The molecule has 17 heteroatoms. The number of nitrogens with two attached hydrogens (primary N) is 2. The number of nitrogens with zero attached hydrogens (tertiary/aromatic N) is 1. The summed E-state index contributed by atoms with van der Waals surface area (Å²) >= 11 is 0. The standard InChI is InChI=1S/C53H71N9O8/c1-2-3-29-70-53(69)61-44(32-37-21-11-6-12-22-37)49(65)57-41(25-15-27-54)52(68)62-28-16-26-46(62)51(67)60-43(31-36-19-9-5-10-20-36)48(64)59-45(33-38-34-56-40-24-14-13-23-39(38)40)50(66)58-42(47(55)63)30-35-17-7-4-8-18-35/h4,6-8,11-14,17-18,21-24,34,36,41-46,56H,2-3,5,9-10,15-16,19-20,25-33,54H2,1H3,(H2,55,63)(H,57,65)(H,58,66)(H,59,64)(H,60,67)(H,61,69)/t41-,42-,43-,44-,45-,46-/m0/s1. The van der Waals surface area contributed by atoms with Crippen LogP contribution in [0.25, 0.3) is 10.9 Å². The van der Waals surface area contributed by atoms with Crippen LogP contribution in [0.4, 0.5) is 4.79 Å². The number of fused-ring (bicyclic) bond motifs is 1. The van der Waals surface area contributed by atoms with E-state index in [-0.39, 0.29) is 51.3 Å². The number of carbonyl (C=O) groups excluding carboxylic acids is 7. The number of benzene rings is 3. The molecule has 17 nitrogen and oxygen atoms in total. The molecule has 10 N–H and O–H groups in total. The normalized spacial score (nSPS) is 17.1. The second-order valence-corrected chi connectivity index (χ2v) is 18.6. The van der Waals surface area contributed by atoms with Crippen molar-refractivity contribution < 1.29 is 38.3 Å². The van der Waals surface area contributed by atoms with Crippen LogP contribution in [-0.2, 0) is 52.8 Å². The lowest BCUT2D eigenvalue weighted by molar-refractivity contribution is -0.142. The van der Waals surface area contributed by atoms with Gasteiger partial charge in [-0.3, -0.25) is 28.8 Å². The molecule has 2 aliphatic rings. The van der Waals surface area contributed by atoms with Crippen LogP contribution in [0.5, 0.6) is 0 Å². The predicted octanol–water partition coefficient (Wildman–Crippen LogP) is 4.22. The van der Waals surface area contributed by atoms with Gasteiger partial charge in [0.05, 0.1) is 6.61 Å². The Morgan fingerprint density at radius 2 is 1.27 bits per heavy atom. The molecule has 7 amide bonds. The first-order valence-corrected chi connectivity index (χ1v) is 25.0. The first-order chi connectivity index (χ1) is 33.9. The third-order valence-corrected chi connectivity index (χ3v) is 13.4. The monoisotopic (exact) mass is 962 g/mol. The Bertz CT molecular complexity index is 2360. The van der Waals surface area contributed by atoms with Gasteiger partial charge in [0.2, 0.25) is 35.4 Å². The number of H-pyrrole nitrogens is 1. The Kier molecular flexibility index (Phi) is 20.2. The van der Waals surface area contributed by atoms with Gasteiger partial charge in [0.15, 0.2) is 0 Å². The van der Waals surface area contributed by atoms with E-state index < -0.39 is 77.8 Å². The van der Waals surface area contributed by atoms with Gasteiger partial charge in [-0.1, -0.05) is 124 Å². The second kappa shape index (κ2) is 26.9. The number of rotatable bonds is 25. The highest BCUT2D eigenvalue weighted by atomic mass is 16.5. The molecule has 1 aliphatic carbocycles. The van der Waals surface area contributed by atoms with Crippen molar-refractivity contribution in [3.8, 4) is 0 Å². The van der Waals surface area contributed by atoms with Gasteiger partial charge in [-0.05, 0) is 73.7 Å². The zero-order valence-corrected chi connectivity index (χ0v) is 40.3. The highest BCUT2D eigenvalue weighted by molar-refractivity contribution is 5.97. The van der Waals surface area contributed by atoms with E-state index in [9.17, 15) is 33.6 Å². The first-order valence-electron chi connectivity index (χ1n) is 25.0. The average molecular weight is 962 g/mol. The third kappa shape index (κ3) is 15.4. The van der Waals surface area contributed by atoms with Gasteiger partial charge in [-0.25, -0.2) is 4.79 Å². The fourth-order valence-corrected chi connectivity index (χ4v) is 9.51. The Balaban J connectivity index is 1.21. The van der Waals surface area contributed by atoms with Crippen LogP contribution < -0.4 is 38.1 Å². The maximum Gasteiger partial charge on any atom is 0.407 e. The number of unbranched alkanes of at least 4 members (excludes halogenated alkanes) is 1. The molecule has 1 aliphatic heterocycles. The van der Waals surface area contributed by atoms with E-state index in [1.165, 1.54) is 4.90 Å². The van der Waals surface area contributed by atoms with Crippen molar-refractivity contribution in [2.24, 2.45) is 17.4 Å². The van der Waals surface area contributed by atoms with Crippen LogP contribution in [0.1, 0.15) is 101 Å². The summed E-state index contributed by atoms with van der Waals surface area (Å²) in [6.07, 6.45) is 9.31. The number of aromatic nitrogens is 1. The number of primary amides is 1. The molecule has 2 heterocycles. The average Bonchev–Trinajstić information content (AvgIpc) is 4.03. The molecular formula is C53H71N9O8. The SMILES string of the molecule is CCCCOC(=O)N[C@@H](Cc1ccccc1)C(=O)N[C@@H](CCCN)C(=O)N1CCC[C@H]1C(=O)N[C@@H](CC1CCCCC1)C(=O)N[C@@H](Cc1c[nH]c2ccccc12)C(=O)N[C@@H](Cc1ccccc1)C(N)=O. The molecule has 70 heavy (non-hydrogen) atoms. The minimum absolute atomic E-state index is 0.0606. The van der Waals surface area contributed by atoms with Gasteiger partial charge in [0.25, 0.3) is 0 Å². The molecule has 2 fully saturated rings. The number of hydrogen-bond acceptors (Lipinski definition) is 9. The maximum absolute atomic E-state index is 14.7. The van der Waals surface area contributed by atoms with Gasteiger partial charge in [-0.15, -0.1) is 0 Å². The van der Waals surface area contributed by atoms with Crippen LogP contribution in [0.3, 0.4) is 0 Å². The molecule has 0 spiro atoms. The van der Waals surface area contributed by atoms with E-state index >= 15 is 0 Å². The molecule has 6 atom stereocenters. The Morgan fingerprint density at radius 1 is 0.671 bits per heavy atom. The van der Waals surface area contributed by atoms with E-state index in [2.05, 4.69) is 31.6 Å². The van der Waals surface area contributed by atoms with Crippen molar-refractivity contribution >= 4 is 52.4 Å². The van der Waals surface area contributed by atoms with Gasteiger partial charge >= 0.3 is 6.09 Å². The van der Waals surface area contributed by atoms with Crippen molar-refractivity contribution in [3.63, 3.8) is 0 Å². The number of carbonyl (C=O) groups is 7. The number of amides is 7. The van der Waals surface area contributed by atoms with E-state index in [4.69, 9.17) is 16.2 Å². The number of alkyl carbamates (subject to hydrolysis) is 1. The zero-order chi connectivity index (χ0) is 49.8. The minimum atomic E-state index is -1.18. The number of para-hydroxylation sites is 1. The van der Waals surface area contributed by atoms with E-state index in [1.807, 2.05) is 91.9 Å². The molecule has 1 aromatic heterocycles. The summed E-state index contributed by atoms with van der Waals surface area (Å²) in [4.78, 5) is 102. The van der Waals surface area contributed by atoms with Crippen LogP contribution in [0.2, 0.25) is 0 Å². The topological polar surface area (TPSA) is 260 Å². The predicted molar refractivity (Wildman–Crippen MR) is 267 cm³/mol. The number of nitrogens with one attached hydrogen (secondary N) is 6. The largest absolute Gasteiger partial charge is 0.450 e. The highest BCUT2D eigenvalue weighted by Crippen LogP contribution is 2.28. The Hall–Kier alpha value is -6.75. The van der Waals surface area contributed by atoms with Crippen molar-refractivity contribution in [2.45, 2.75) is 139 Å². The maximum atomic E-state index is 14.7. The molecule has 0 bridgehead atoms. The first kappa shape index (κ1) is 52.6. The molecule has 6 rings (SSSR count). The van der Waals surface area contributed by atoms with Crippen molar-refractivity contribution in [2.75, 3.05) is 19.7 Å². The lowest BCUT2D eigenvalue weighted by atomic mass is 9.84. The summed E-state index contributed by atoms with van der Waals surface area (Å²) in [5, 5.41) is 15.2. The number of hydrogen-bond donors (Lipinski definition) is 8. The third-order valence-electron chi connectivity index (χ3n) is 13.4. The summed E-state index contributed by atoms with van der Waals surface area (Å²) in [5.41, 5.74) is 14.9. The van der Waals surface area contributed by atoms with Crippen LogP contribution >= 0.6 is 0 Å². The van der Waals surface area contributed by atoms with Crippen molar-refractivity contribution in [1.82, 2.24) is 36.5 Å². The van der Waals surface area contributed by atoms with Crippen LogP contribution in [-0.4, -0.2) is 107 Å². The smallest absolute Gasteiger partial charge is 0.407 e. The van der Waals surface area contributed by atoms with Crippen molar-refractivity contribution in [3.05, 3.63) is 108 Å². The molecule has 1 saturated heterocycles. The summed E-state index contributed by atoms with van der Waals surface area (Å²) in [7, 11) is 0.